The van der Waals surface area contributed by atoms with Crippen LogP contribution in [-0.4, -0.2) is 66.6 Å². The molecule has 1 atom stereocenters. The summed E-state index contributed by atoms with van der Waals surface area (Å²) in [5.74, 6) is 0. The van der Waals surface area contributed by atoms with Crippen LogP contribution in [0.4, 0.5) is 0 Å². The summed E-state index contributed by atoms with van der Waals surface area (Å²) in [5.41, 5.74) is 2.80. The molecule has 0 unspecified atom stereocenters. The Bertz CT molecular complexity index is 627. The summed E-state index contributed by atoms with van der Waals surface area (Å²) in [4.78, 5) is 7.82. The minimum absolute atomic E-state index is 0.376. The maximum atomic E-state index is 2.73. The average molecular weight is 335 g/mol. The van der Waals surface area contributed by atoms with Crippen molar-refractivity contribution in [2.24, 2.45) is 0 Å². The fraction of sp³-hybridized carbons (Fsp3) is 0.455. The molecule has 0 N–H and O–H groups in total. The lowest BCUT2D eigenvalue weighted by atomic mass is 9.92. The van der Waals surface area contributed by atoms with Crippen molar-refractivity contribution in [3.8, 4) is 0 Å². The van der Waals surface area contributed by atoms with E-state index in [9.17, 15) is 0 Å². The summed E-state index contributed by atoms with van der Waals surface area (Å²) in [7, 11) is 2.24. The van der Waals surface area contributed by atoms with Gasteiger partial charge in [0.25, 0.3) is 0 Å². The normalized spacial score (nSPS) is 23.7. The summed E-state index contributed by atoms with van der Waals surface area (Å²) in [6.07, 6.45) is 0. The number of nitrogens with zero attached hydrogens (tertiary/aromatic N) is 3. The molecule has 0 saturated carbocycles. The zero-order valence-electron chi connectivity index (χ0n) is 15.4. The van der Waals surface area contributed by atoms with E-state index in [1.165, 1.54) is 43.9 Å². The van der Waals surface area contributed by atoms with Crippen molar-refractivity contribution < 1.29 is 0 Å². The Labute approximate surface area is 151 Å². The zero-order chi connectivity index (χ0) is 17.2. The number of benzene rings is 2. The first-order chi connectivity index (χ1) is 12.2. The second kappa shape index (κ2) is 7.28. The molecule has 2 aromatic carbocycles. The van der Waals surface area contributed by atoms with Crippen molar-refractivity contribution in [2.75, 3.05) is 39.8 Å². The van der Waals surface area contributed by atoms with Gasteiger partial charge in [0.1, 0.15) is 0 Å². The maximum Gasteiger partial charge on any atom is 0.0602 e. The minimum Gasteiger partial charge on any atom is -0.304 e. The highest BCUT2D eigenvalue weighted by molar-refractivity contribution is 5.32. The lowest BCUT2D eigenvalue weighted by Gasteiger charge is -2.53. The van der Waals surface area contributed by atoms with Crippen LogP contribution in [-0.2, 0) is 0 Å². The summed E-state index contributed by atoms with van der Waals surface area (Å²) in [5, 5.41) is 0. The molecule has 2 saturated heterocycles. The first kappa shape index (κ1) is 16.8. The predicted molar refractivity (Wildman–Crippen MR) is 104 cm³/mol. The van der Waals surface area contributed by atoms with Crippen molar-refractivity contribution in [1.29, 1.82) is 0 Å². The Balaban J connectivity index is 1.49. The number of hydrogen-bond acceptors (Lipinski definition) is 3. The Morgan fingerprint density at radius 2 is 1.36 bits per heavy atom. The van der Waals surface area contributed by atoms with E-state index in [1.54, 1.807) is 0 Å². The van der Waals surface area contributed by atoms with Crippen molar-refractivity contribution in [1.82, 2.24) is 14.7 Å². The number of likely N-dealkylation sites (N-methyl/N-ethyl adjacent to an activating group) is 1. The second-order valence-electron chi connectivity index (χ2n) is 7.68. The van der Waals surface area contributed by atoms with Gasteiger partial charge in [0.05, 0.1) is 6.04 Å². The van der Waals surface area contributed by atoms with Crippen LogP contribution in [0.2, 0.25) is 0 Å². The van der Waals surface area contributed by atoms with Gasteiger partial charge < -0.3 is 4.90 Å². The Morgan fingerprint density at radius 3 is 1.88 bits per heavy atom. The number of piperazine rings is 1. The van der Waals surface area contributed by atoms with Crippen LogP contribution in [0.3, 0.4) is 0 Å². The minimum atomic E-state index is 0.376. The van der Waals surface area contributed by atoms with Crippen molar-refractivity contribution in [3.05, 3.63) is 71.8 Å². The van der Waals surface area contributed by atoms with Crippen molar-refractivity contribution in [3.63, 3.8) is 0 Å². The summed E-state index contributed by atoms with van der Waals surface area (Å²) in [6, 6.07) is 23.7. The van der Waals surface area contributed by atoms with E-state index in [2.05, 4.69) is 89.3 Å². The van der Waals surface area contributed by atoms with Crippen LogP contribution in [0, 0.1) is 0 Å². The van der Waals surface area contributed by atoms with Crippen LogP contribution in [0.25, 0.3) is 0 Å². The van der Waals surface area contributed by atoms with Gasteiger partial charge in [0, 0.05) is 44.8 Å². The van der Waals surface area contributed by atoms with E-state index < -0.39 is 0 Å². The van der Waals surface area contributed by atoms with Crippen molar-refractivity contribution in [2.45, 2.75) is 25.0 Å². The van der Waals surface area contributed by atoms with Gasteiger partial charge in [-0.1, -0.05) is 60.7 Å². The molecular formula is C22H29N3. The Morgan fingerprint density at radius 1 is 0.800 bits per heavy atom. The molecular weight excluding hydrogens is 306 g/mol. The molecule has 25 heavy (non-hydrogen) atoms. The lowest BCUT2D eigenvalue weighted by Crippen LogP contribution is -2.65. The molecule has 2 fully saturated rings. The average Bonchev–Trinajstić information content (AvgIpc) is 2.60. The van der Waals surface area contributed by atoms with Gasteiger partial charge in [-0.05, 0) is 25.1 Å². The zero-order valence-corrected chi connectivity index (χ0v) is 15.4. The van der Waals surface area contributed by atoms with E-state index in [4.69, 9.17) is 0 Å². The molecule has 2 heterocycles. The predicted octanol–water partition coefficient (Wildman–Crippen LogP) is 3.10. The van der Waals surface area contributed by atoms with Gasteiger partial charge in [0.15, 0.2) is 0 Å². The summed E-state index contributed by atoms with van der Waals surface area (Å²) >= 11 is 0. The summed E-state index contributed by atoms with van der Waals surface area (Å²) < 4.78 is 0. The highest BCUT2D eigenvalue weighted by Crippen LogP contribution is 2.34. The van der Waals surface area contributed by atoms with Gasteiger partial charge in [-0.15, -0.1) is 0 Å². The van der Waals surface area contributed by atoms with E-state index in [0.29, 0.717) is 18.1 Å². The lowest BCUT2D eigenvalue weighted by molar-refractivity contribution is -0.0303. The monoisotopic (exact) mass is 335 g/mol. The standard InChI is InChI=1S/C22H29N3/c1-18-15-23(2)13-14-25(18)21-16-24(17-21)22(19-9-5-3-6-10-19)20-11-7-4-8-12-20/h3-12,18,21-22H,13-17H2,1-2H3/t18-/m0/s1. The number of likely N-dealkylation sites (tertiary alicyclic amines) is 1. The van der Waals surface area contributed by atoms with E-state index in [-0.39, 0.29) is 0 Å². The van der Waals surface area contributed by atoms with E-state index in [1.807, 2.05) is 0 Å². The first-order valence-electron chi connectivity index (χ1n) is 9.50. The van der Waals surface area contributed by atoms with Gasteiger partial charge in [-0.25, -0.2) is 0 Å². The Kier molecular flexibility index (Phi) is 4.89. The molecule has 0 spiro atoms. The SMILES string of the molecule is C[C@H]1CN(C)CCN1C1CN(C(c2ccccc2)c2ccccc2)C1. The van der Waals surface area contributed by atoms with Gasteiger partial charge >= 0.3 is 0 Å². The third kappa shape index (κ3) is 3.50. The highest BCUT2D eigenvalue weighted by Gasteiger charge is 2.39. The van der Waals surface area contributed by atoms with Gasteiger partial charge in [0.2, 0.25) is 0 Å². The highest BCUT2D eigenvalue weighted by atomic mass is 15.4. The van der Waals surface area contributed by atoms with E-state index in [0.717, 1.165) is 0 Å². The van der Waals surface area contributed by atoms with E-state index >= 15 is 0 Å². The summed E-state index contributed by atoms with van der Waals surface area (Å²) in [6.45, 7) is 8.31. The molecule has 3 heteroatoms. The molecule has 3 nitrogen and oxygen atoms in total. The van der Waals surface area contributed by atoms with Crippen LogP contribution in [0.5, 0.6) is 0 Å². The first-order valence-corrected chi connectivity index (χ1v) is 9.50. The van der Waals surface area contributed by atoms with Crippen molar-refractivity contribution >= 4 is 0 Å². The van der Waals surface area contributed by atoms with Gasteiger partial charge in [-0.3, -0.25) is 9.80 Å². The molecule has 2 aromatic rings. The smallest absolute Gasteiger partial charge is 0.0602 e. The van der Waals surface area contributed by atoms with Crippen LogP contribution in [0.1, 0.15) is 24.1 Å². The quantitative estimate of drug-likeness (QED) is 0.850. The van der Waals surface area contributed by atoms with Gasteiger partial charge in [-0.2, -0.15) is 0 Å². The molecule has 0 aliphatic carbocycles. The molecule has 0 amide bonds. The maximum absolute atomic E-state index is 2.73. The molecule has 4 rings (SSSR count). The number of hydrogen-bond donors (Lipinski definition) is 0. The molecule has 0 aromatic heterocycles. The molecule has 0 radical (unpaired) electrons. The largest absolute Gasteiger partial charge is 0.304 e. The van der Waals surface area contributed by atoms with Crippen LogP contribution in [0.15, 0.2) is 60.7 Å². The molecule has 2 aliphatic heterocycles. The fourth-order valence-electron chi connectivity index (χ4n) is 4.49. The third-order valence-corrected chi connectivity index (χ3v) is 5.84. The van der Waals surface area contributed by atoms with Crippen LogP contribution >= 0.6 is 0 Å². The number of rotatable bonds is 4. The molecule has 2 aliphatic rings. The third-order valence-electron chi connectivity index (χ3n) is 5.84. The fourth-order valence-corrected chi connectivity index (χ4v) is 4.49. The van der Waals surface area contributed by atoms with Crippen LogP contribution < -0.4 is 0 Å². The molecule has 132 valence electrons. The second-order valence-corrected chi connectivity index (χ2v) is 7.68. The Hall–Kier alpha value is -1.68. The topological polar surface area (TPSA) is 9.72 Å². The molecule has 0 bridgehead atoms.